The Hall–Kier alpha value is -0.120. The Morgan fingerprint density at radius 2 is 2.20 bits per heavy atom. The third kappa shape index (κ3) is 3.16. The maximum Gasteiger partial charge on any atom is 0.0601 e. The van der Waals surface area contributed by atoms with Gasteiger partial charge in [0.2, 0.25) is 0 Å². The smallest absolute Gasteiger partial charge is 0.0601 e. The standard InChI is InChI=1S/C12H24N2O/c1-14-5-3-4-10(9-14)8-13-11-6-12(7-11)15-2/h10-13H,3-9H2,1-2H3. The Bertz CT molecular complexity index is 192. The highest BCUT2D eigenvalue weighted by atomic mass is 16.5. The molecule has 1 atom stereocenters. The molecular weight excluding hydrogens is 188 g/mol. The SMILES string of the molecule is COC1CC(NCC2CCCN(C)C2)C1. The number of hydrogen-bond donors (Lipinski definition) is 1. The first-order chi connectivity index (χ1) is 7.28. The normalized spacial score (nSPS) is 37.6. The monoisotopic (exact) mass is 212 g/mol. The molecule has 0 aromatic carbocycles. The van der Waals surface area contributed by atoms with Gasteiger partial charge in [-0.3, -0.25) is 0 Å². The molecule has 2 aliphatic rings. The molecule has 2 rings (SSSR count). The van der Waals surface area contributed by atoms with E-state index in [2.05, 4.69) is 17.3 Å². The lowest BCUT2D eigenvalue weighted by Gasteiger charge is -2.37. The van der Waals surface area contributed by atoms with Crippen molar-refractivity contribution in [3.63, 3.8) is 0 Å². The average molecular weight is 212 g/mol. The summed E-state index contributed by atoms with van der Waals surface area (Å²) < 4.78 is 5.28. The molecule has 3 nitrogen and oxygen atoms in total. The molecule has 1 aliphatic carbocycles. The summed E-state index contributed by atoms with van der Waals surface area (Å²) in [6, 6.07) is 0.724. The Morgan fingerprint density at radius 1 is 1.40 bits per heavy atom. The fourth-order valence-corrected chi connectivity index (χ4v) is 2.70. The maximum atomic E-state index is 5.28. The zero-order valence-corrected chi connectivity index (χ0v) is 10.0. The third-order valence-electron chi connectivity index (χ3n) is 3.85. The topological polar surface area (TPSA) is 24.5 Å². The van der Waals surface area contributed by atoms with E-state index >= 15 is 0 Å². The van der Waals surface area contributed by atoms with Crippen LogP contribution in [0.4, 0.5) is 0 Å². The van der Waals surface area contributed by atoms with Crippen molar-refractivity contribution < 1.29 is 4.74 Å². The van der Waals surface area contributed by atoms with Gasteiger partial charge in [0.15, 0.2) is 0 Å². The first-order valence-electron chi connectivity index (χ1n) is 6.22. The Labute approximate surface area is 93.2 Å². The number of hydrogen-bond acceptors (Lipinski definition) is 3. The zero-order chi connectivity index (χ0) is 10.7. The molecule has 1 saturated carbocycles. The molecule has 0 aromatic rings. The van der Waals surface area contributed by atoms with Gasteiger partial charge in [-0.05, 0) is 51.7 Å². The van der Waals surface area contributed by atoms with Crippen LogP contribution in [0.1, 0.15) is 25.7 Å². The van der Waals surface area contributed by atoms with Gasteiger partial charge in [0.25, 0.3) is 0 Å². The summed E-state index contributed by atoms with van der Waals surface area (Å²) in [6.07, 6.45) is 5.71. The van der Waals surface area contributed by atoms with E-state index in [1.807, 2.05) is 7.11 Å². The highest BCUT2D eigenvalue weighted by Gasteiger charge is 2.29. The van der Waals surface area contributed by atoms with E-state index in [1.165, 1.54) is 45.3 Å². The van der Waals surface area contributed by atoms with Crippen molar-refractivity contribution >= 4 is 0 Å². The van der Waals surface area contributed by atoms with Crippen molar-refractivity contribution in [2.45, 2.75) is 37.8 Å². The van der Waals surface area contributed by atoms with Crippen molar-refractivity contribution in [2.24, 2.45) is 5.92 Å². The Morgan fingerprint density at radius 3 is 2.87 bits per heavy atom. The molecule has 0 bridgehead atoms. The molecule has 3 heteroatoms. The van der Waals surface area contributed by atoms with Crippen LogP contribution in [0.5, 0.6) is 0 Å². The van der Waals surface area contributed by atoms with Gasteiger partial charge >= 0.3 is 0 Å². The van der Waals surface area contributed by atoms with Crippen molar-refractivity contribution in [3.8, 4) is 0 Å². The molecule has 0 spiro atoms. The van der Waals surface area contributed by atoms with Crippen LogP contribution < -0.4 is 5.32 Å². The fourth-order valence-electron chi connectivity index (χ4n) is 2.70. The lowest BCUT2D eigenvalue weighted by atomic mass is 9.88. The molecule has 1 saturated heterocycles. The van der Waals surface area contributed by atoms with Crippen LogP contribution in [0.3, 0.4) is 0 Å². The van der Waals surface area contributed by atoms with E-state index in [9.17, 15) is 0 Å². The van der Waals surface area contributed by atoms with Crippen LogP contribution in [0.15, 0.2) is 0 Å². The number of rotatable bonds is 4. The molecule has 1 aliphatic heterocycles. The Balaban J connectivity index is 1.58. The first-order valence-corrected chi connectivity index (χ1v) is 6.22. The van der Waals surface area contributed by atoms with Crippen LogP contribution >= 0.6 is 0 Å². The summed E-state index contributed by atoms with van der Waals surface area (Å²) >= 11 is 0. The van der Waals surface area contributed by atoms with Gasteiger partial charge in [-0.15, -0.1) is 0 Å². The number of nitrogens with zero attached hydrogens (tertiary/aromatic N) is 1. The zero-order valence-electron chi connectivity index (χ0n) is 10.0. The minimum Gasteiger partial charge on any atom is -0.381 e. The van der Waals surface area contributed by atoms with E-state index in [1.54, 1.807) is 0 Å². The van der Waals surface area contributed by atoms with Gasteiger partial charge in [0.1, 0.15) is 0 Å². The molecule has 88 valence electrons. The van der Waals surface area contributed by atoms with Gasteiger partial charge < -0.3 is 15.0 Å². The van der Waals surface area contributed by atoms with E-state index in [0.29, 0.717) is 6.10 Å². The van der Waals surface area contributed by atoms with E-state index in [-0.39, 0.29) is 0 Å². The average Bonchev–Trinajstić information content (AvgIpc) is 2.16. The summed E-state index contributed by atoms with van der Waals surface area (Å²) in [5.74, 6) is 0.866. The highest BCUT2D eigenvalue weighted by molar-refractivity contribution is 4.86. The van der Waals surface area contributed by atoms with Crippen molar-refractivity contribution in [1.29, 1.82) is 0 Å². The summed E-state index contributed by atoms with van der Waals surface area (Å²) in [5.41, 5.74) is 0. The highest BCUT2D eigenvalue weighted by Crippen LogP contribution is 2.23. The van der Waals surface area contributed by atoms with Gasteiger partial charge in [-0.2, -0.15) is 0 Å². The summed E-state index contributed by atoms with van der Waals surface area (Å²) in [5, 5.41) is 3.67. The van der Waals surface area contributed by atoms with E-state index in [0.717, 1.165) is 12.0 Å². The van der Waals surface area contributed by atoms with Crippen LogP contribution in [0.25, 0.3) is 0 Å². The number of piperidine rings is 1. The second kappa shape index (κ2) is 5.28. The molecule has 1 N–H and O–H groups in total. The van der Waals surface area contributed by atoms with Crippen LogP contribution in [0.2, 0.25) is 0 Å². The number of ether oxygens (including phenoxy) is 1. The van der Waals surface area contributed by atoms with Crippen LogP contribution in [-0.4, -0.2) is 50.8 Å². The van der Waals surface area contributed by atoms with Crippen LogP contribution in [0, 0.1) is 5.92 Å². The molecular formula is C12H24N2O. The molecule has 0 aromatic heterocycles. The lowest BCUT2D eigenvalue weighted by Crippen LogP contribution is -2.48. The van der Waals surface area contributed by atoms with Crippen molar-refractivity contribution in [1.82, 2.24) is 10.2 Å². The summed E-state index contributed by atoms with van der Waals surface area (Å²) in [6.45, 7) is 3.75. The van der Waals surface area contributed by atoms with E-state index < -0.39 is 0 Å². The van der Waals surface area contributed by atoms with Crippen LogP contribution in [-0.2, 0) is 4.74 Å². The van der Waals surface area contributed by atoms with Gasteiger partial charge in [0, 0.05) is 19.7 Å². The summed E-state index contributed by atoms with van der Waals surface area (Å²) in [4.78, 5) is 2.45. The second-order valence-electron chi connectivity index (χ2n) is 5.20. The number of likely N-dealkylation sites (tertiary alicyclic amines) is 1. The Kier molecular flexibility index (Phi) is 4.00. The molecule has 1 heterocycles. The number of nitrogens with one attached hydrogen (secondary N) is 1. The van der Waals surface area contributed by atoms with Crippen molar-refractivity contribution in [3.05, 3.63) is 0 Å². The quantitative estimate of drug-likeness (QED) is 0.755. The molecule has 0 amide bonds. The largest absolute Gasteiger partial charge is 0.381 e. The summed E-state index contributed by atoms with van der Waals surface area (Å²) in [7, 11) is 4.05. The lowest BCUT2D eigenvalue weighted by molar-refractivity contribution is 0.0155. The fraction of sp³-hybridized carbons (Fsp3) is 1.00. The molecule has 2 fully saturated rings. The minimum atomic E-state index is 0.525. The maximum absolute atomic E-state index is 5.28. The minimum absolute atomic E-state index is 0.525. The first kappa shape index (κ1) is 11.4. The predicted molar refractivity (Wildman–Crippen MR) is 62.0 cm³/mol. The van der Waals surface area contributed by atoms with Gasteiger partial charge in [0.05, 0.1) is 6.10 Å². The molecule has 1 unspecified atom stereocenters. The van der Waals surface area contributed by atoms with Crippen molar-refractivity contribution in [2.75, 3.05) is 33.8 Å². The predicted octanol–water partition coefficient (Wildman–Crippen LogP) is 1.10. The number of methoxy groups -OCH3 is 1. The van der Waals surface area contributed by atoms with E-state index in [4.69, 9.17) is 4.74 Å². The third-order valence-corrected chi connectivity index (χ3v) is 3.85. The van der Waals surface area contributed by atoms with Gasteiger partial charge in [-0.1, -0.05) is 0 Å². The second-order valence-corrected chi connectivity index (χ2v) is 5.20. The molecule has 0 radical (unpaired) electrons. The van der Waals surface area contributed by atoms with Gasteiger partial charge in [-0.25, -0.2) is 0 Å². The molecule has 15 heavy (non-hydrogen) atoms.